The molecule has 1 aliphatic heterocycles. The van der Waals surface area contributed by atoms with Gasteiger partial charge in [-0.05, 0) is 49.4 Å². The second-order valence-electron chi connectivity index (χ2n) is 6.50. The molecule has 4 rings (SSSR count). The van der Waals surface area contributed by atoms with Crippen LogP contribution in [0.3, 0.4) is 0 Å². The molecule has 2 heterocycles. The number of rotatable bonds is 3. The molecule has 10 heteroatoms. The van der Waals surface area contributed by atoms with Gasteiger partial charge in [0.2, 0.25) is 0 Å². The van der Waals surface area contributed by atoms with Crippen molar-refractivity contribution >= 4 is 28.1 Å². The predicted octanol–water partition coefficient (Wildman–Crippen LogP) is 4.03. The summed E-state index contributed by atoms with van der Waals surface area (Å²) < 4.78 is 34.4. The van der Waals surface area contributed by atoms with Crippen molar-refractivity contribution in [2.75, 3.05) is 22.8 Å². The van der Waals surface area contributed by atoms with Gasteiger partial charge in [0.15, 0.2) is 12.1 Å². The number of nitrogens with zero attached hydrogens (tertiary/aromatic N) is 3. The summed E-state index contributed by atoms with van der Waals surface area (Å²) in [6.07, 6.45) is 1.18. The average Bonchev–Trinajstić information content (AvgIpc) is 3.12. The quantitative estimate of drug-likeness (QED) is 0.572. The van der Waals surface area contributed by atoms with E-state index in [1.54, 1.807) is 43.3 Å². The highest BCUT2D eigenvalue weighted by Crippen LogP contribution is 2.58. The van der Waals surface area contributed by atoms with E-state index in [1.807, 2.05) is 6.07 Å². The molecule has 0 aliphatic carbocycles. The molecular weight excluding hydrogens is 408 g/mol. The van der Waals surface area contributed by atoms with Gasteiger partial charge < -0.3 is 14.5 Å². The molecule has 1 amide bonds. The maximum atomic E-state index is 12.4. The van der Waals surface area contributed by atoms with E-state index in [2.05, 4.69) is 10.3 Å². The number of fused-ring (bicyclic) bond motifs is 1. The summed E-state index contributed by atoms with van der Waals surface area (Å²) in [6.45, 7) is 2.08. The van der Waals surface area contributed by atoms with Gasteiger partial charge in [-0.2, -0.15) is 5.26 Å². The van der Waals surface area contributed by atoms with E-state index in [1.165, 1.54) is 16.8 Å². The lowest BCUT2D eigenvalue weighted by Gasteiger charge is -2.42. The first-order valence-corrected chi connectivity index (χ1v) is 10.4. The summed E-state index contributed by atoms with van der Waals surface area (Å²) in [5, 5.41) is 11.7. The van der Waals surface area contributed by atoms with Crippen molar-refractivity contribution in [1.82, 2.24) is 4.98 Å². The molecule has 0 saturated heterocycles. The summed E-state index contributed by atoms with van der Waals surface area (Å²) in [5.41, 5.74) is 1.51. The Labute approximate surface area is 174 Å². The molecule has 0 saturated carbocycles. The monoisotopic (exact) mass is 426 g/mol. The number of ether oxygens (including phenoxy) is 1. The van der Waals surface area contributed by atoms with Gasteiger partial charge >= 0.3 is 0 Å². The minimum atomic E-state index is -3.47. The molecule has 9 nitrogen and oxygen atoms in total. The fraction of sp³-hybridized carbons (Fsp3) is 0.150. The Morgan fingerprint density at radius 3 is 2.70 bits per heavy atom. The zero-order valence-corrected chi connectivity index (χ0v) is 16.7. The second-order valence-corrected chi connectivity index (χ2v) is 8.42. The minimum absolute atomic E-state index is 0.145. The molecule has 0 spiro atoms. The van der Waals surface area contributed by atoms with Crippen molar-refractivity contribution < 1.29 is 23.1 Å². The van der Waals surface area contributed by atoms with Crippen LogP contribution < -0.4 is 14.4 Å². The van der Waals surface area contributed by atoms with Crippen molar-refractivity contribution in [3.05, 3.63) is 65.9 Å². The van der Waals surface area contributed by atoms with E-state index in [0.29, 0.717) is 28.4 Å². The first-order chi connectivity index (χ1) is 14.4. The number of anilines is 2. The molecule has 2 aromatic carbocycles. The third kappa shape index (κ3) is 3.57. The summed E-state index contributed by atoms with van der Waals surface area (Å²) in [4.78, 5) is 16.5. The molecule has 30 heavy (non-hydrogen) atoms. The lowest BCUT2D eigenvalue weighted by Crippen LogP contribution is -2.29. The van der Waals surface area contributed by atoms with E-state index < -0.39 is 16.7 Å². The van der Waals surface area contributed by atoms with Gasteiger partial charge in [0.05, 0.1) is 23.9 Å². The molecule has 3 aromatic rings. The Bertz CT molecular complexity index is 1140. The number of hydrogen-bond acceptors (Lipinski definition) is 8. The molecule has 3 N–H and O–H groups in total. The van der Waals surface area contributed by atoms with Crippen LogP contribution in [-0.4, -0.2) is 33.1 Å². The molecule has 0 fully saturated rings. The van der Waals surface area contributed by atoms with Crippen molar-refractivity contribution in [2.24, 2.45) is 0 Å². The van der Waals surface area contributed by atoms with Crippen LogP contribution in [0, 0.1) is 18.3 Å². The van der Waals surface area contributed by atoms with E-state index in [0.717, 1.165) is 0 Å². The topological polar surface area (TPSA) is 132 Å². The number of carbonyl (C=O) groups is 1. The number of nitriles is 1. The highest BCUT2D eigenvalue weighted by Gasteiger charge is 2.32. The number of aromatic nitrogens is 1. The van der Waals surface area contributed by atoms with Crippen LogP contribution in [0.4, 0.5) is 11.4 Å². The normalized spacial score (nSPS) is 15.9. The smallest absolute Gasteiger partial charge is 0.277 e. The third-order valence-electron chi connectivity index (χ3n) is 4.60. The second kappa shape index (κ2) is 7.72. The largest absolute Gasteiger partial charge is 0.490 e. The van der Waals surface area contributed by atoms with Crippen molar-refractivity contribution in [2.45, 2.75) is 11.8 Å². The Balaban J connectivity index is 1.67. The van der Waals surface area contributed by atoms with Crippen LogP contribution in [0.2, 0.25) is 0 Å². The van der Waals surface area contributed by atoms with Crippen molar-refractivity contribution in [1.29, 1.82) is 5.26 Å². The lowest BCUT2D eigenvalue weighted by atomic mass is 10.2. The Kier molecular flexibility index (Phi) is 5.09. The van der Waals surface area contributed by atoms with E-state index in [4.69, 9.17) is 14.4 Å². The standard InChI is InChI=1S/C20H18N4O5S/c1-13-19(22-12-29-13)20(25)23-15-4-7-17-18(10-15)30(26,27)24(8-9-28-17)16-5-2-14(11-21)3-6-16/h2-7,10,12,26-27H,8-9H2,1H3,(H,23,25). The number of amides is 1. The summed E-state index contributed by atoms with van der Waals surface area (Å²) in [7, 11) is -3.47. The van der Waals surface area contributed by atoms with Crippen LogP contribution >= 0.6 is 10.8 Å². The molecule has 1 aromatic heterocycles. The maximum absolute atomic E-state index is 12.4. The van der Waals surface area contributed by atoms with Crippen molar-refractivity contribution in [3.63, 3.8) is 0 Å². The number of aryl methyl sites for hydroxylation is 1. The highest BCUT2D eigenvalue weighted by molar-refractivity contribution is 8.25. The predicted molar refractivity (Wildman–Crippen MR) is 111 cm³/mol. The van der Waals surface area contributed by atoms with Crippen LogP contribution in [0.25, 0.3) is 0 Å². The van der Waals surface area contributed by atoms with E-state index >= 15 is 0 Å². The molecule has 1 aliphatic rings. The number of hydrogen-bond donors (Lipinski definition) is 3. The van der Waals surface area contributed by atoms with Gasteiger partial charge in [0.1, 0.15) is 23.0 Å². The van der Waals surface area contributed by atoms with Crippen LogP contribution in [0.5, 0.6) is 5.75 Å². The molecule has 0 unspecified atom stereocenters. The van der Waals surface area contributed by atoms with E-state index in [-0.39, 0.29) is 23.7 Å². The number of benzene rings is 2. The van der Waals surface area contributed by atoms with Crippen molar-refractivity contribution in [3.8, 4) is 11.8 Å². The van der Waals surface area contributed by atoms with Gasteiger partial charge in [-0.1, -0.05) is 10.8 Å². The molecule has 154 valence electrons. The number of carbonyl (C=O) groups excluding carboxylic acids is 1. The van der Waals surface area contributed by atoms with Gasteiger partial charge in [-0.3, -0.25) is 18.2 Å². The summed E-state index contributed by atoms with van der Waals surface area (Å²) >= 11 is 0. The van der Waals surface area contributed by atoms with Gasteiger partial charge in [-0.25, -0.2) is 4.98 Å². The SMILES string of the molecule is Cc1ocnc1C(=O)Nc1ccc2c(c1)S(O)(O)N(c1ccc(C#N)cc1)CCO2. The van der Waals surface area contributed by atoms with Crippen LogP contribution in [0.1, 0.15) is 21.8 Å². The van der Waals surface area contributed by atoms with Crippen LogP contribution in [-0.2, 0) is 0 Å². The lowest BCUT2D eigenvalue weighted by molar-refractivity contribution is 0.102. The Hall–Kier alpha value is -3.52. The zero-order valence-electron chi connectivity index (χ0n) is 15.9. The van der Waals surface area contributed by atoms with Gasteiger partial charge in [0, 0.05) is 5.69 Å². The van der Waals surface area contributed by atoms with Gasteiger partial charge in [0.25, 0.3) is 5.91 Å². The zero-order chi connectivity index (χ0) is 21.3. The minimum Gasteiger partial charge on any atom is -0.490 e. The first kappa shape index (κ1) is 19.8. The third-order valence-corrected chi connectivity index (χ3v) is 6.52. The molecule has 0 bridgehead atoms. The number of oxazole rings is 1. The summed E-state index contributed by atoms with van der Waals surface area (Å²) in [5.74, 6) is 0.222. The fourth-order valence-corrected chi connectivity index (χ4v) is 4.76. The van der Waals surface area contributed by atoms with E-state index in [9.17, 15) is 13.9 Å². The fourth-order valence-electron chi connectivity index (χ4n) is 3.10. The maximum Gasteiger partial charge on any atom is 0.277 e. The molecule has 0 radical (unpaired) electrons. The Morgan fingerprint density at radius 1 is 1.27 bits per heavy atom. The van der Waals surface area contributed by atoms with Gasteiger partial charge in [-0.15, -0.1) is 0 Å². The first-order valence-electron chi connectivity index (χ1n) is 8.94. The highest BCUT2D eigenvalue weighted by atomic mass is 32.3. The Morgan fingerprint density at radius 2 is 2.03 bits per heavy atom. The van der Waals surface area contributed by atoms with Crippen LogP contribution in [0.15, 0.2) is 58.2 Å². The molecule has 0 atom stereocenters. The molecular formula is C20H18N4O5S. The number of nitrogens with one attached hydrogen (secondary N) is 1. The summed E-state index contributed by atoms with van der Waals surface area (Å²) in [6, 6.07) is 13.2. The average molecular weight is 426 g/mol.